The van der Waals surface area contributed by atoms with E-state index in [4.69, 9.17) is 28.9 Å². The number of halogens is 2. The van der Waals surface area contributed by atoms with Crippen molar-refractivity contribution in [3.63, 3.8) is 0 Å². The first kappa shape index (κ1) is 14.7. The normalized spacial score (nSPS) is 10.4. The largest absolute Gasteiger partial charge is 0.399 e. The minimum Gasteiger partial charge on any atom is -0.399 e. The van der Waals surface area contributed by atoms with E-state index in [1.165, 1.54) is 0 Å². The van der Waals surface area contributed by atoms with Crippen molar-refractivity contribution < 1.29 is 4.79 Å². The number of benzene rings is 2. The predicted octanol–water partition coefficient (Wildman–Crippen LogP) is 4.44. The molecule has 0 aliphatic heterocycles. The first-order valence-corrected chi connectivity index (χ1v) is 6.77. The fourth-order valence-corrected chi connectivity index (χ4v) is 2.54. The molecule has 0 unspecified atom stereocenters. The zero-order valence-electron chi connectivity index (χ0n) is 11.1. The van der Waals surface area contributed by atoms with Gasteiger partial charge in [-0.1, -0.05) is 23.2 Å². The van der Waals surface area contributed by atoms with Crippen LogP contribution in [0.15, 0.2) is 30.3 Å². The molecule has 0 aromatic heterocycles. The Morgan fingerprint density at radius 1 is 1.10 bits per heavy atom. The van der Waals surface area contributed by atoms with E-state index in [9.17, 15) is 4.79 Å². The highest BCUT2D eigenvalue weighted by Crippen LogP contribution is 2.26. The van der Waals surface area contributed by atoms with Crippen LogP contribution < -0.4 is 11.1 Å². The molecule has 0 saturated carbocycles. The minimum absolute atomic E-state index is 0.275. The fraction of sp³-hybridized carbons (Fsp3) is 0.133. The van der Waals surface area contributed by atoms with Crippen molar-refractivity contribution in [2.24, 2.45) is 0 Å². The van der Waals surface area contributed by atoms with Crippen LogP contribution in [0.2, 0.25) is 10.0 Å². The van der Waals surface area contributed by atoms with Gasteiger partial charge in [0.25, 0.3) is 5.91 Å². The summed E-state index contributed by atoms with van der Waals surface area (Å²) < 4.78 is 0. The highest BCUT2D eigenvalue weighted by molar-refractivity contribution is 6.37. The van der Waals surface area contributed by atoms with Gasteiger partial charge in [-0.15, -0.1) is 0 Å². The summed E-state index contributed by atoms with van der Waals surface area (Å²) in [5, 5.41) is 3.67. The molecule has 1 amide bonds. The van der Waals surface area contributed by atoms with Gasteiger partial charge in [0, 0.05) is 16.4 Å². The SMILES string of the molecule is Cc1cc(N)cc(C)c1NC(=O)c1ccc(Cl)cc1Cl. The summed E-state index contributed by atoms with van der Waals surface area (Å²) in [4.78, 5) is 12.3. The fourth-order valence-electron chi connectivity index (χ4n) is 2.05. The number of anilines is 2. The molecule has 0 bridgehead atoms. The molecular weight excluding hydrogens is 295 g/mol. The Hall–Kier alpha value is -1.71. The molecule has 0 spiro atoms. The molecule has 2 rings (SSSR count). The van der Waals surface area contributed by atoms with Gasteiger partial charge in [0.05, 0.1) is 10.6 Å². The third-order valence-electron chi connectivity index (χ3n) is 2.97. The maximum absolute atomic E-state index is 12.3. The molecule has 0 saturated heterocycles. The number of rotatable bonds is 2. The van der Waals surface area contributed by atoms with Gasteiger partial charge in [-0.3, -0.25) is 4.79 Å². The number of hydrogen-bond acceptors (Lipinski definition) is 2. The summed E-state index contributed by atoms with van der Waals surface area (Å²) in [5.41, 5.74) is 9.37. The van der Waals surface area contributed by atoms with E-state index in [0.29, 0.717) is 21.3 Å². The Kier molecular flexibility index (Phi) is 4.21. The second-order valence-corrected chi connectivity index (χ2v) is 5.45. The monoisotopic (exact) mass is 308 g/mol. The number of carbonyl (C=O) groups excluding carboxylic acids is 1. The van der Waals surface area contributed by atoms with Crippen LogP contribution in [0, 0.1) is 13.8 Å². The molecule has 3 nitrogen and oxygen atoms in total. The van der Waals surface area contributed by atoms with Crippen molar-refractivity contribution in [1.29, 1.82) is 0 Å². The van der Waals surface area contributed by atoms with Crippen LogP contribution in [0.4, 0.5) is 11.4 Å². The summed E-state index contributed by atoms with van der Waals surface area (Å²) in [5.74, 6) is -0.275. The molecule has 5 heteroatoms. The van der Waals surface area contributed by atoms with Crippen LogP contribution >= 0.6 is 23.2 Å². The van der Waals surface area contributed by atoms with Gasteiger partial charge in [-0.25, -0.2) is 0 Å². The number of nitrogen functional groups attached to an aromatic ring is 1. The third kappa shape index (κ3) is 3.06. The molecule has 0 fully saturated rings. The summed E-state index contributed by atoms with van der Waals surface area (Å²) in [7, 11) is 0. The topological polar surface area (TPSA) is 55.1 Å². The van der Waals surface area contributed by atoms with Crippen molar-refractivity contribution in [3.05, 3.63) is 57.1 Å². The lowest BCUT2D eigenvalue weighted by Gasteiger charge is -2.13. The number of hydrogen-bond donors (Lipinski definition) is 2. The molecule has 3 N–H and O–H groups in total. The summed E-state index contributed by atoms with van der Waals surface area (Å²) in [6.07, 6.45) is 0. The van der Waals surface area contributed by atoms with Crippen molar-refractivity contribution in [3.8, 4) is 0 Å². The molecule has 0 atom stereocenters. The van der Waals surface area contributed by atoms with Gasteiger partial charge in [-0.05, 0) is 55.3 Å². The van der Waals surface area contributed by atoms with E-state index in [1.807, 2.05) is 26.0 Å². The van der Waals surface area contributed by atoms with Gasteiger partial charge in [0.15, 0.2) is 0 Å². The van der Waals surface area contributed by atoms with E-state index < -0.39 is 0 Å². The molecule has 0 aliphatic rings. The van der Waals surface area contributed by atoms with Gasteiger partial charge in [0.1, 0.15) is 0 Å². The average Bonchev–Trinajstić information content (AvgIpc) is 2.33. The zero-order chi connectivity index (χ0) is 14.9. The molecular formula is C15H14Cl2N2O. The Labute approximate surface area is 127 Å². The summed E-state index contributed by atoms with van der Waals surface area (Å²) in [6.45, 7) is 3.78. The molecule has 20 heavy (non-hydrogen) atoms. The quantitative estimate of drug-likeness (QED) is 0.806. The van der Waals surface area contributed by atoms with E-state index in [2.05, 4.69) is 5.32 Å². The van der Waals surface area contributed by atoms with Crippen LogP contribution in [0.5, 0.6) is 0 Å². The average molecular weight is 309 g/mol. The Bertz CT molecular complexity index is 661. The van der Waals surface area contributed by atoms with E-state index in [1.54, 1.807) is 18.2 Å². The summed E-state index contributed by atoms with van der Waals surface area (Å²) in [6, 6.07) is 8.39. The first-order chi connectivity index (χ1) is 9.38. The van der Waals surface area contributed by atoms with Gasteiger partial charge in [0.2, 0.25) is 0 Å². The minimum atomic E-state index is -0.275. The number of nitrogens with two attached hydrogens (primary N) is 1. The van der Waals surface area contributed by atoms with Crippen molar-refractivity contribution in [2.45, 2.75) is 13.8 Å². The van der Waals surface area contributed by atoms with Crippen LogP contribution in [0.1, 0.15) is 21.5 Å². The zero-order valence-corrected chi connectivity index (χ0v) is 12.6. The third-order valence-corrected chi connectivity index (χ3v) is 3.52. The van der Waals surface area contributed by atoms with Crippen molar-refractivity contribution in [1.82, 2.24) is 0 Å². The lowest BCUT2D eigenvalue weighted by molar-refractivity contribution is 0.102. The number of amides is 1. The Morgan fingerprint density at radius 3 is 2.25 bits per heavy atom. The second-order valence-electron chi connectivity index (χ2n) is 4.61. The number of carbonyl (C=O) groups is 1. The number of aryl methyl sites for hydroxylation is 2. The maximum Gasteiger partial charge on any atom is 0.257 e. The molecule has 0 aliphatic carbocycles. The van der Waals surface area contributed by atoms with E-state index >= 15 is 0 Å². The summed E-state index contributed by atoms with van der Waals surface area (Å²) >= 11 is 11.8. The van der Waals surface area contributed by atoms with Gasteiger partial charge >= 0.3 is 0 Å². The van der Waals surface area contributed by atoms with Crippen molar-refractivity contribution >= 4 is 40.5 Å². The van der Waals surface area contributed by atoms with Crippen LogP contribution in [-0.4, -0.2) is 5.91 Å². The van der Waals surface area contributed by atoms with E-state index in [-0.39, 0.29) is 5.91 Å². The highest BCUT2D eigenvalue weighted by atomic mass is 35.5. The lowest BCUT2D eigenvalue weighted by Crippen LogP contribution is -2.14. The second kappa shape index (κ2) is 5.73. The van der Waals surface area contributed by atoms with Crippen LogP contribution in [0.3, 0.4) is 0 Å². The first-order valence-electron chi connectivity index (χ1n) is 6.01. The van der Waals surface area contributed by atoms with Crippen molar-refractivity contribution in [2.75, 3.05) is 11.1 Å². The number of nitrogens with one attached hydrogen (secondary N) is 1. The Morgan fingerprint density at radius 2 is 1.70 bits per heavy atom. The molecule has 0 heterocycles. The lowest BCUT2D eigenvalue weighted by atomic mass is 10.1. The molecule has 104 valence electrons. The standard InChI is InChI=1S/C15H14Cl2N2O/c1-8-5-11(18)6-9(2)14(8)19-15(20)12-4-3-10(16)7-13(12)17/h3-7H,18H2,1-2H3,(H,19,20). The smallest absolute Gasteiger partial charge is 0.257 e. The maximum atomic E-state index is 12.3. The van der Waals surface area contributed by atoms with Gasteiger partial charge in [-0.2, -0.15) is 0 Å². The molecule has 0 radical (unpaired) electrons. The van der Waals surface area contributed by atoms with Crippen LogP contribution in [-0.2, 0) is 0 Å². The van der Waals surface area contributed by atoms with Crippen LogP contribution in [0.25, 0.3) is 0 Å². The van der Waals surface area contributed by atoms with E-state index in [0.717, 1.165) is 16.8 Å². The predicted molar refractivity (Wildman–Crippen MR) is 84.7 cm³/mol. The highest BCUT2D eigenvalue weighted by Gasteiger charge is 2.13. The Balaban J connectivity index is 2.33. The molecule has 2 aromatic rings. The van der Waals surface area contributed by atoms with Gasteiger partial charge < -0.3 is 11.1 Å². The molecule has 2 aromatic carbocycles.